The monoisotopic (exact) mass is 616 g/mol. The van der Waals surface area contributed by atoms with E-state index in [1.54, 1.807) is 0 Å². The molecule has 3 heterocycles. The van der Waals surface area contributed by atoms with Crippen LogP contribution in [0.2, 0.25) is 0 Å². The van der Waals surface area contributed by atoms with Crippen molar-refractivity contribution >= 4 is 15.6 Å². The summed E-state index contributed by atoms with van der Waals surface area (Å²) in [6.07, 6.45) is -15.8. The van der Waals surface area contributed by atoms with E-state index in [4.69, 9.17) is 14.6 Å². The van der Waals surface area contributed by atoms with Gasteiger partial charge in [-0.2, -0.15) is 0 Å². The maximum Gasteiger partial charge on any atom is 1.00 e. The van der Waals surface area contributed by atoms with E-state index < -0.39 is 95.4 Å². The molecule has 2 aliphatic heterocycles. The minimum Gasteiger partial charge on any atom is -0.756 e. The van der Waals surface area contributed by atoms with Gasteiger partial charge >= 0.3 is 64.8 Å². The molecular formula is C15H22N2Na2O17P2. The Bertz CT molecular complexity index is 1140. The molecule has 19 nitrogen and oxygen atoms in total. The van der Waals surface area contributed by atoms with Gasteiger partial charge in [0.25, 0.3) is 21.2 Å². The second kappa shape index (κ2) is 14.7. The third-order valence-corrected chi connectivity index (χ3v) is 7.67. The number of aromatic amines is 1. The number of rotatable bonds is 9. The van der Waals surface area contributed by atoms with Crippen LogP contribution in [0.25, 0.3) is 0 Å². The first-order valence-electron chi connectivity index (χ1n) is 9.96. The second-order valence-corrected chi connectivity index (χ2v) is 10.5. The van der Waals surface area contributed by atoms with Gasteiger partial charge in [0.05, 0.1) is 13.2 Å². The van der Waals surface area contributed by atoms with Crippen LogP contribution in [-0.4, -0.2) is 102 Å². The molecular weight excluding hydrogens is 594 g/mol. The number of aromatic nitrogens is 2. The third kappa shape index (κ3) is 8.81. The summed E-state index contributed by atoms with van der Waals surface area (Å²) in [4.78, 5) is 48.9. The first-order valence-corrected chi connectivity index (χ1v) is 12.9. The molecule has 38 heavy (non-hydrogen) atoms. The van der Waals surface area contributed by atoms with Crippen molar-refractivity contribution in [1.29, 1.82) is 0 Å². The Kier molecular flexibility index (Phi) is 14.2. The van der Waals surface area contributed by atoms with Gasteiger partial charge < -0.3 is 54.4 Å². The Morgan fingerprint density at radius 1 is 0.921 bits per heavy atom. The van der Waals surface area contributed by atoms with Gasteiger partial charge in [0.2, 0.25) is 0 Å². The topological polar surface area (TPSA) is 303 Å². The van der Waals surface area contributed by atoms with Crippen LogP contribution in [0.1, 0.15) is 6.23 Å². The van der Waals surface area contributed by atoms with Gasteiger partial charge in [0, 0.05) is 12.3 Å². The Hall–Kier alpha value is 0.620. The molecule has 11 atom stereocenters. The molecule has 0 radical (unpaired) electrons. The van der Waals surface area contributed by atoms with Crippen molar-refractivity contribution in [3.8, 4) is 0 Å². The van der Waals surface area contributed by atoms with Crippen LogP contribution in [0, 0.1) is 0 Å². The first-order chi connectivity index (χ1) is 16.7. The minimum absolute atomic E-state index is 0. The first kappa shape index (κ1) is 36.6. The number of aliphatic hydroxyl groups excluding tert-OH is 6. The minimum atomic E-state index is -5.90. The van der Waals surface area contributed by atoms with Crippen LogP contribution in [0.15, 0.2) is 21.9 Å². The van der Waals surface area contributed by atoms with Crippen LogP contribution in [-0.2, 0) is 32.0 Å². The van der Waals surface area contributed by atoms with Crippen LogP contribution in [0.3, 0.4) is 0 Å². The molecule has 0 aliphatic carbocycles. The SMILES string of the molecule is O=c1ccn([C@@H]2O[C@H](COP(=O)([O-])OP(=O)([O-])O[13C@H]3O[13C@H]([13CH2]O)[13C@@H](O)[13C@H](O)[13C@H]3O)[C@@H](O)[C@H]2O)c(=O)[nH]1.[Na+].[Na+]. The predicted octanol–water partition coefficient (Wildman–Crippen LogP) is -12.0. The number of nitrogens with zero attached hydrogens (tertiary/aromatic N) is 1. The molecule has 0 amide bonds. The Labute approximate surface area is 256 Å². The summed E-state index contributed by atoms with van der Waals surface area (Å²) >= 11 is 0. The molecule has 2 aliphatic rings. The van der Waals surface area contributed by atoms with Crippen molar-refractivity contribution in [2.45, 2.75) is 55.2 Å². The number of phosphoric ester groups is 2. The fourth-order valence-corrected chi connectivity index (χ4v) is 5.42. The van der Waals surface area contributed by atoms with Gasteiger partial charge in [-0.1, -0.05) is 0 Å². The van der Waals surface area contributed by atoms with E-state index in [0.29, 0.717) is 4.57 Å². The summed E-state index contributed by atoms with van der Waals surface area (Å²) < 4.78 is 47.1. The smallest absolute Gasteiger partial charge is 0.756 e. The number of hydrogen-bond donors (Lipinski definition) is 7. The third-order valence-electron chi connectivity index (χ3n) is 5.14. The van der Waals surface area contributed by atoms with Crippen molar-refractivity contribution in [1.82, 2.24) is 9.55 Å². The predicted molar refractivity (Wildman–Crippen MR) is 104 cm³/mol. The van der Waals surface area contributed by atoms with Crippen LogP contribution in [0.4, 0.5) is 0 Å². The van der Waals surface area contributed by atoms with Gasteiger partial charge in [0.1, 0.15) is 42.7 Å². The van der Waals surface area contributed by atoms with Crippen molar-refractivity contribution in [3.05, 3.63) is 33.1 Å². The van der Waals surface area contributed by atoms with Crippen LogP contribution >= 0.6 is 15.6 Å². The largest absolute Gasteiger partial charge is 1.00 e. The van der Waals surface area contributed by atoms with Crippen molar-refractivity contribution in [3.63, 3.8) is 0 Å². The quantitative estimate of drug-likeness (QED) is 0.0769. The summed E-state index contributed by atoms with van der Waals surface area (Å²) in [5.41, 5.74) is -1.78. The summed E-state index contributed by atoms with van der Waals surface area (Å²) in [7, 11) is -11.7. The molecule has 7 N–H and O–H groups in total. The fourth-order valence-electron chi connectivity index (χ4n) is 3.34. The number of H-pyrrole nitrogens is 1. The number of nitrogens with one attached hydrogen (secondary N) is 1. The molecule has 1 aromatic rings. The Morgan fingerprint density at radius 3 is 2.11 bits per heavy atom. The van der Waals surface area contributed by atoms with E-state index in [1.165, 1.54) is 0 Å². The molecule has 2 saturated heterocycles. The van der Waals surface area contributed by atoms with Gasteiger partial charge in [-0.25, -0.2) is 9.11 Å². The molecule has 0 aromatic carbocycles. The van der Waals surface area contributed by atoms with Crippen molar-refractivity contribution in [2.24, 2.45) is 0 Å². The maximum atomic E-state index is 12.0. The summed E-state index contributed by atoms with van der Waals surface area (Å²) in [5.74, 6) is 0. The van der Waals surface area contributed by atoms with Crippen LogP contribution < -0.4 is 80.2 Å². The zero-order valence-corrected chi connectivity index (χ0v) is 25.6. The van der Waals surface area contributed by atoms with Gasteiger partial charge in [-0.05, 0) is 0 Å². The van der Waals surface area contributed by atoms with E-state index in [9.17, 15) is 54.0 Å². The standard InChI is InChI=1S/C15H24N2O17P2.2Na/c18-3-5-8(20)10(22)12(24)14(32-5)33-36(28,29)34-35(26,27)30-4-6-9(21)11(23)13(31-6)17-2-1-7(19)16-15(17)25;;/h1-2,5-6,8-14,18,20-24H,3-4H2,(H,26,27)(H,28,29)(H,16,19,25);;/q;2*+1/p-2/t5-,6-,8-,9-,10+,11-,12-,13-,14-;;/m1../s1/i3+1,5+1,8+1,10+1,12+1,14+1;;. The maximum absolute atomic E-state index is 12.0. The molecule has 1 aromatic heterocycles. The Morgan fingerprint density at radius 2 is 1.53 bits per heavy atom. The second-order valence-electron chi connectivity index (χ2n) is 7.64. The van der Waals surface area contributed by atoms with Gasteiger partial charge in [-0.15, -0.1) is 0 Å². The molecule has 206 valence electrons. The molecule has 0 spiro atoms. The summed E-state index contributed by atoms with van der Waals surface area (Å²) in [6, 6.07) is 0.911. The van der Waals surface area contributed by atoms with Gasteiger partial charge in [-0.3, -0.25) is 28.0 Å². The molecule has 0 bridgehead atoms. The zero-order chi connectivity index (χ0) is 27.0. The van der Waals surface area contributed by atoms with E-state index in [0.717, 1.165) is 12.3 Å². The van der Waals surface area contributed by atoms with E-state index in [2.05, 4.69) is 13.4 Å². The molecule has 0 saturated carbocycles. The molecule has 3 rings (SSSR count). The van der Waals surface area contributed by atoms with E-state index in [1.807, 2.05) is 4.98 Å². The normalized spacial score (nSPS) is 36.4. The van der Waals surface area contributed by atoms with Gasteiger partial charge in [0.15, 0.2) is 12.5 Å². The number of hydrogen-bond acceptors (Lipinski definition) is 17. The summed E-state index contributed by atoms with van der Waals surface area (Å²) in [5, 5.41) is 58.4. The molecule has 23 heteroatoms. The van der Waals surface area contributed by atoms with Crippen molar-refractivity contribution < 1.29 is 132 Å². The van der Waals surface area contributed by atoms with E-state index >= 15 is 0 Å². The average molecular weight is 616 g/mol. The fraction of sp³-hybridized carbons (Fsp3) is 0.733. The average Bonchev–Trinajstić information content (AvgIpc) is 3.06. The molecule has 2 unspecified atom stereocenters. The number of ether oxygens (including phenoxy) is 2. The zero-order valence-electron chi connectivity index (χ0n) is 19.8. The number of phosphoric acid groups is 2. The summed E-state index contributed by atoms with van der Waals surface area (Å²) in [6.45, 7) is -2.05. The number of aliphatic hydroxyl groups is 6. The Balaban J connectivity index is 0.00000361. The van der Waals surface area contributed by atoms with Crippen LogP contribution in [0.5, 0.6) is 0 Å². The van der Waals surface area contributed by atoms with Crippen molar-refractivity contribution in [2.75, 3.05) is 13.2 Å². The van der Waals surface area contributed by atoms with E-state index in [-0.39, 0.29) is 59.1 Å². The molecule has 2 fully saturated rings.